The van der Waals surface area contributed by atoms with Gasteiger partial charge in [0.25, 0.3) is 0 Å². The summed E-state index contributed by atoms with van der Waals surface area (Å²) in [5.74, 6) is 0.345. The lowest BCUT2D eigenvalue weighted by Crippen LogP contribution is -2.40. The van der Waals surface area contributed by atoms with E-state index in [0.717, 1.165) is 16.2 Å². The summed E-state index contributed by atoms with van der Waals surface area (Å²) in [5.41, 5.74) is -0.886. The maximum atomic E-state index is 9.52. The lowest BCUT2D eigenvalue weighted by molar-refractivity contribution is -0.215. The van der Waals surface area contributed by atoms with E-state index in [2.05, 4.69) is 45.7 Å². The van der Waals surface area contributed by atoms with Gasteiger partial charge in [-0.15, -0.1) is 23.2 Å². The van der Waals surface area contributed by atoms with Gasteiger partial charge < -0.3 is 33.5 Å². The zero-order chi connectivity index (χ0) is 29.0. The molecule has 0 aliphatic carbocycles. The van der Waals surface area contributed by atoms with Crippen LogP contribution in [0.25, 0.3) is 0 Å². The highest BCUT2D eigenvalue weighted by atomic mass is 79.9. The summed E-state index contributed by atoms with van der Waals surface area (Å²) in [4.78, 5) is 0. The van der Waals surface area contributed by atoms with E-state index in [0.29, 0.717) is 0 Å². The molecule has 37 heavy (non-hydrogen) atoms. The molecule has 7 nitrogen and oxygen atoms in total. The van der Waals surface area contributed by atoms with Crippen molar-refractivity contribution in [1.29, 1.82) is 0 Å². The van der Waals surface area contributed by atoms with Crippen LogP contribution < -0.4 is 0 Å². The molecule has 0 amide bonds. The minimum absolute atomic E-state index is 0.00246. The number of aliphatic hydroxyl groups is 1. The molecular weight excluding hydrogens is 655 g/mol. The van der Waals surface area contributed by atoms with Crippen LogP contribution in [0, 0.1) is 11.8 Å². The van der Waals surface area contributed by atoms with Gasteiger partial charge in [-0.3, -0.25) is 0 Å². The Morgan fingerprint density at radius 3 is 1.65 bits per heavy atom. The first-order valence-electron chi connectivity index (χ1n) is 12.8. The van der Waals surface area contributed by atoms with Crippen molar-refractivity contribution in [3.8, 4) is 0 Å². The van der Waals surface area contributed by atoms with Gasteiger partial charge in [-0.2, -0.15) is 0 Å². The molecule has 2 heterocycles. The van der Waals surface area contributed by atoms with Gasteiger partial charge in [0, 0.05) is 26.1 Å². The molecule has 222 valence electrons. The molecule has 4 unspecified atom stereocenters. The van der Waals surface area contributed by atoms with Gasteiger partial charge in [-0.1, -0.05) is 27.7 Å². The number of alkyl halides is 2. The van der Waals surface area contributed by atoms with Crippen LogP contribution in [0.4, 0.5) is 0 Å². The van der Waals surface area contributed by atoms with Crippen LogP contribution >= 0.6 is 55.1 Å². The molecule has 0 aromatic rings. The number of ether oxygens (including phenoxy) is 6. The summed E-state index contributed by atoms with van der Waals surface area (Å²) < 4.78 is 35.4. The molecule has 0 aromatic carbocycles. The second-order valence-electron chi connectivity index (χ2n) is 9.74. The van der Waals surface area contributed by atoms with Crippen LogP contribution in [0.3, 0.4) is 0 Å². The van der Waals surface area contributed by atoms with Crippen LogP contribution in [-0.4, -0.2) is 79.5 Å². The molecule has 2 aliphatic rings. The van der Waals surface area contributed by atoms with Gasteiger partial charge in [-0.25, -0.2) is 0 Å². The fourth-order valence-electron chi connectivity index (χ4n) is 4.78. The summed E-state index contributed by atoms with van der Waals surface area (Å²) in [6.45, 7) is 16.2. The average molecular weight is 703 g/mol. The van der Waals surface area contributed by atoms with Crippen LogP contribution in [0.5, 0.6) is 0 Å². The highest BCUT2D eigenvalue weighted by Crippen LogP contribution is 2.44. The van der Waals surface area contributed by atoms with Crippen molar-refractivity contribution in [3.63, 3.8) is 0 Å². The molecule has 0 spiro atoms. The maximum Gasteiger partial charge on any atom is 0.185 e. The first kappa shape index (κ1) is 38.0. The number of hydrogen-bond donors (Lipinski definition) is 1. The van der Waals surface area contributed by atoms with Crippen molar-refractivity contribution in [3.05, 3.63) is 9.47 Å². The largest absolute Gasteiger partial charge is 0.393 e. The van der Waals surface area contributed by atoms with Crippen molar-refractivity contribution >= 4 is 55.1 Å². The SMILES string of the molecule is CCC1(C=C(Br)Br)OC(OC(C)C)[C@@H](OC)[C@H]1C.CCC1(CO)OC(OC(C)C)[C@@H](OC)[C@H]1C.ClCCl. The Kier molecular flexibility index (Phi) is 18.9. The van der Waals surface area contributed by atoms with Crippen molar-refractivity contribution in [2.24, 2.45) is 11.8 Å². The molecule has 11 heteroatoms. The fraction of sp³-hybridized carbons (Fsp3) is 0.923. The average Bonchev–Trinajstić information content (AvgIpc) is 3.23. The van der Waals surface area contributed by atoms with E-state index >= 15 is 0 Å². The minimum Gasteiger partial charge on any atom is -0.393 e. The second kappa shape index (κ2) is 18.4. The fourth-order valence-corrected chi connectivity index (χ4v) is 5.55. The van der Waals surface area contributed by atoms with E-state index in [4.69, 9.17) is 51.6 Å². The van der Waals surface area contributed by atoms with E-state index < -0.39 is 5.60 Å². The normalized spacial score (nSPS) is 35.2. The maximum absolute atomic E-state index is 9.52. The van der Waals surface area contributed by atoms with Crippen molar-refractivity contribution < 1.29 is 33.5 Å². The Hall–Kier alpha value is 1.000. The summed E-state index contributed by atoms with van der Waals surface area (Å²) in [6, 6.07) is 0. The Morgan fingerprint density at radius 2 is 1.32 bits per heavy atom. The third-order valence-corrected chi connectivity index (χ3v) is 7.40. The van der Waals surface area contributed by atoms with E-state index in [1.54, 1.807) is 14.2 Å². The van der Waals surface area contributed by atoms with E-state index in [1.165, 1.54) is 0 Å². The first-order valence-corrected chi connectivity index (χ1v) is 15.4. The molecule has 8 atom stereocenters. The number of halogens is 4. The first-order chi connectivity index (χ1) is 17.3. The summed E-state index contributed by atoms with van der Waals surface area (Å²) in [5, 5.41) is 9.71. The zero-order valence-electron chi connectivity index (χ0n) is 23.9. The Morgan fingerprint density at radius 1 is 0.892 bits per heavy atom. The monoisotopic (exact) mass is 700 g/mol. The summed E-state index contributed by atoms with van der Waals surface area (Å²) in [7, 11) is 3.37. The van der Waals surface area contributed by atoms with Crippen LogP contribution in [0.2, 0.25) is 0 Å². The Bertz CT molecular complexity index is 648. The molecule has 0 saturated carbocycles. The van der Waals surface area contributed by atoms with Crippen LogP contribution in [0.1, 0.15) is 68.2 Å². The number of methoxy groups -OCH3 is 2. The molecule has 1 N–H and O–H groups in total. The highest BCUT2D eigenvalue weighted by molar-refractivity contribution is 9.28. The topological polar surface area (TPSA) is 75.6 Å². The lowest BCUT2D eigenvalue weighted by atomic mass is 9.85. The molecule has 0 aromatic heterocycles. The smallest absolute Gasteiger partial charge is 0.185 e. The van der Waals surface area contributed by atoms with Crippen LogP contribution in [-0.2, 0) is 28.4 Å². The highest BCUT2D eigenvalue weighted by Gasteiger charge is 2.53. The molecule has 2 aliphatic heterocycles. The minimum atomic E-state index is -0.528. The lowest BCUT2D eigenvalue weighted by Gasteiger charge is -2.29. The van der Waals surface area contributed by atoms with E-state index in [1.807, 2.05) is 47.6 Å². The summed E-state index contributed by atoms with van der Waals surface area (Å²) in [6.07, 6.45) is 3.00. The zero-order valence-corrected chi connectivity index (χ0v) is 28.6. The molecule has 2 rings (SSSR count). The molecule has 0 bridgehead atoms. The number of rotatable bonds is 10. The van der Waals surface area contributed by atoms with Gasteiger partial charge >= 0.3 is 0 Å². The van der Waals surface area contributed by atoms with Crippen molar-refractivity contribution in [1.82, 2.24) is 0 Å². The van der Waals surface area contributed by atoms with E-state index in [-0.39, 0.29) is 66.4 Å². The molecular formula is C26H48Br2Cl2O7. The molecule has 2 fully saturated rings. The standard InChI is InChI=1S/C13H22Br2O3.C12H24O4.CH2Cl2/c1-6-13(7-10(14)15)9(4)11(16-5)12(18-13)17-8(2)3;1-6-12(7-13)9(4)10(14-5)11(16-12)15-8(2)3;2-1-3/h7-9,11-12H,6H2,1-5H3;8-11,13H,6-7H2,1-5H3;1H2/t9-,11+,12?,13?;9-,10+,11?,12?;/m11./s1. The van der Waals surface area contributed by atoms with E-state index in [9.17, 15) is 5.11 Å². The van der Waals surface area contributed by atoms with Crippen molar-refractivity contribution in [2.45, 2.75) is 116 Å². The summed E-state index contributed by atoms with van der Waals surface area (Å²) >= 11 is 16.4. The quantitative estimate of drug-likeness (QED) is 0.242. The third-order valence-electron chi connectivity index (χ3n) is 6.94. The Labute approximate surface area is 251 Å². The van der Waals surface area contributed by atoms with Gasteiger partial charge in [0.2, 0.25) is 0 Å². The predicted molar refractivity (Wildman–Crippen MR) is 158 cm³/mol. The second-order valence-corrected chi connectivity index (χ2v) is 13.3. The van der Waals surface area contributed by atoms with Gasteiger partial charge in [0.1, 0.15) is 12.2 Å². The predicted octanol–water partition coefficient (Wildman–Crippen LogP) is 7.18. The van der Waals surface area contributed by atoms with Gasteiger partial charge in [0.15, 0.2) is 12.6 Å². The van der Waals surface area contributed by atoms with Crippen molar-refractivity contribution in [2.75, 3.05) is 26.2 Å². The van der Waals surface area contributed by atoms with Gasteiger partial charge in [-0.05, 0) is 78.5 Å². The number of aliphatic hydroxyl groups excluding tert-OH is 1. The van der Waals surface area contributed by atoms with Gasteiger partial charge in [0.05, 0.1) is 38.7 Å². The Balaban J connectivity index is 0.000000637. The van der Waals surface area contributed by atoms with Crippen LogP contribution in [0.15, 0.2) is 9.47 Å². The third kappa shape index (κ3) is 10.7. The molecule has 0 radical (unpaired) electrons. The molecule has 2 saturated heterocycles. The number of hydrogen-bond acceptors (Lipinski definition) is 7.